The summed E-state index contributed by atoms with van der Waals surface area (Å²) in [5.41, 5.74) is 7.71. The third-order valence-corrected chi connectivity index (χ3v) is 5.84. The standard InChI is InChI=1S/C26H29N3O6/c1-5-15-9-10-17-20(21(27)19(25(31)32)14(2)28-17)22(15)35-13-26(3,4)29-24(30)16-7-6-8-18-23(16)34-12-11-33-18/h6-10H,5,11-13H2,1-4H3,(H2,27,28)(H,29,30)(H,31,32). The zero-order chi connectivity index (χ0) is 25.3. The van der Waals surface area contributed by atoms with E-state index < -0.39 is 11.5 Å². The normalized spacial score (nSPS) is 12.9. The van der Waals surface area contributed by atoms with Crippen molar-refractivity contribution >= 4 is 28.5 Å². The fourth-order valence-corrected chi connectivity index (χ4v) is 4.15. The van der Waals surface area contributed by atoms with Crippen molar-refractivity contribution in [2.24, 2.45) is 0 Å². The number of hydrogen-bond donors (Lipinski definition) is 3. The molecule has 9 heteroatoms. The Morgan fingerprint density at radius 2 is 1.94 bits per heavy atom. The lowest BCUT2D eigenvalue weighted by Gasteiger charge is -2.28. The molecule has 35 heavy (non-hydrogen) atoms. The van der Waals surface area contributed by atoms with Gasteiger partial charge in [-0.1, -0.05) is 19.1 Å². The minimum atomic E-state index is -1.15. The summed E-state index contributed by atoms with van der Waals surface area (Å²) in [6, 6.07) is 8.89. The van der Waals surface area contributed by atoms with Crippen molar-refractivity contribution in [1.29, 1.82) is 0 Å². The lowest BCUT2D eigenvalue weighted by Crippen LogP contribution is -2.48. The van der Waals surface area contributed by atoms with Crippen LogP contribution in [0.15, 0.2) is 30.3 Å². The van der Waals surface area contributed by atoms with Gasteiger partial charge in [0, 0.05) is 0 Å². The number of nitrogen functional groups attached to an aromatic ring is 1. The number of carboxylic acids is 1. The van der Waals surface area contributed by atoms with Crippen LogP contribution in [0.5, 0.6) is 17.2 Å². The number of anilines is 1. The molecule has 0 unspecified atom stereocenters. The van der Waals surface area contributed by atoms with Crippen LogP contribution in [0.2, 0.25) is 0 Å². The summed E-state index contributed by atoms with van der Waals surface area (Å²) in [5, 5.41) is 13.1. The Morgan fingerprint density at radius 1 is 1.20 bits per heavy atom. The predicted octanol–water partition coefficient (Wildman–Crippen LogP) is 3.74. The molecule has 4 rings (SSSR count). The number of benzene rings is 2. The number of carboxylic acid groups (broad SMARTS) is 1. The van der Waals surface area contributed by atoms with E-state index in [4.69, 9.17) is 19.9 Å². The van der Waals surface area contributed by atoms with Crippen molar-refractivity contribution in [2.75, 3.05) is 25.6 Å². The number of rotatable bonds is 7. The van der Waals surface area contributed by atoms with Crippen molar-refractivity contribution < 1.29 is 28.9 Å². The van der Waals surface area contributed by atoms with Gasteiger partial charge in [0.05, 0.1) is 33.4 Å². The smallest absolute Gasteiger partial charge is 0.339 e. The fraction of sp³-hybridized carbons (Fsp3) is 0.346. The van der Waals surface area contributed by atoms with E-state index in [0.717, 1.165) is 5.56 Å². The number of pyridine rings is 1. The van der Waals surface area contributed by atoms with E-state index >= 15 is 0 Å². The van der Waals surface area contributed by atoms with Crippen molar-refractivity contribution in [3.63, 3.8) is 0 Å². The molecule has 2 heterocycles. The average Bonchev–Trinajstić information content (AvgIpc) is 2.81. The highest BCUT2D eigenvalue weighted by atomic mass is 16.6. The molecule has 0 radical (unpaired) electrons. The Kier molecular flexibility index (Phi) is 6.43. The molecule has 0 saturated heterocycles. The molecule has 0 bridgehead atoms. The number of para-hydroxylation sites is 1. The molecule has 1 amide bonds. The van der Waals surface area contributed by atoms with E-state index in [-0.39, 0.29) is 23.8 Å². The molecule has 4 N–H and O–H groups in total. The monoisotopic (exact) mass is 479 g/mol. The Morgan fingerprint density at radius 3 is 2.66 bits per heavy atom. The van der Waals surface area contributed by atoms with E-state index in [1.807, 2.05) is 32.9 Å². The molecule has 0 saturated carbocycles. The van der Waals surface area contributed by atoms with Gasteiger partial charge < -0.3 is 30.4 Å². The Bertz CT molecular complexity index is 1320. The minimum Gasteiger partial charge on any atom is -0.490 e. The topological polar surface area (TPSA) is 133 Å². The molecular formula is C26H29N3O6. The van der Waals surface area contributed by atoms with Crippen LogP contribution in [0, 0.1) is 6.92 Å². The first-order valence-corrected chi connectivity index (χ1v) is 11.4. The van der Waals surface area contributed by atoms with Gasteiger partial charge in [-0.05, 0) is 51.0 Å². The largest absolute Gasteiger partial charge is 0.490 e. The third-order valence-electron chi connectivity index (χ3n) is 5.84. The number of ether oxygens (including phenoxy) is 3. The lowest BCUT2D eigenvalue weighted by atomic mass is 10.0. The number of nitrogens with two attached hydrogens (primary N) is 1. The molecule has 0 fully saturated rings. The van der Waals surface area contributed by atoms with Gasteiger partial charge in [0.1, 0.15) is 31.1 Å². The van der Waals surface area contributed by atoms with Gasteiger partial charge in [0.2, 0.25) is 0 Å². The molecule has 9 nitrogen and oxygen atoms in total. The van der Waals surface area contributed by atoms with Crippen molar-refractivity contribution in [3.05, 3.63) is 52.7 Å². The number of nitrogens with zero attached hydrogens (tertiary/aromatic N) is 1. The SMILES string of the molecule is CCc1ccc2nc(C)c(C(=O)O)c(N)c2c1OCC(C)(C)NC(=O)c1cccc2c1OCCO2. The Balaban J connectivity index is 1.63. The van der Waals surface area contributed by atoms with E-state index in [1.54, 1.807) is 25.1 Å². The van der Waals surface area contributed by atoms with E-state index in [2.05, 4.69) is 10.3 Å². The third kappa shape index (κ3) is 4.66. The molecule has 1 aromatic heterocycles. The number of aromatic carboxylic acids is 1. The summed E-state index contributed by atoms with van der Waals surface area (Å²) >= 11 is 0. The first-order chi connectivity index (χ1) is 16.6. The first-order valence-electron chi connectivity index (χ1n) is 11.4. The lowest BCUT2D eigenvalue weighted by molar-refractivity contribution is 0.0696. The summed E-state index contributed by atoms with van der Waals surface area (Å²) in [7, 11) is 0. The summed E-state index contributed by atoms with van der Waals surface area (Å²) < 4.78 is 17.5. The van der Waals surface area contributed by atoms with Gasteiger partial charge in [-0.25, -0.2) is 4.79 Å². The number of carbonyl (C=O) groups is 2. The van der Waals surface area contributed by atoms with Gasteiger partial charge in [0.25, 0.3) is 5.91 Å². The second kappa shape index (κ2) is 9.32. The maximum absolute atomic E-state index is 13.1. The van der Waals surface area contributed by atoms with E-state index in [0.29, 0.717) is 59.0 Å². The maximum atomic E-state index is 13.1. The molecule has 0 spiro atoms. The number of aromatic nitrogens is 1. The molecule has 1 aliphatic rings. The van der Waals surface area contributed by atoms with Crippen LogP contribution in [0.1, 0.15) is 52.7 Å². The number of carbonyl (C=O) groups excluding carboxylic acids is 1. The highest BCUT2D eigenvalue weighted by Gasteiger charge is 2.28. The zero-order valence-electron chi connectivity index (χ0n) is 20.2. The molecule has 2 aromatic carbocycles. The summed E-state index contributed by atoms with van der Waals surface area (Å²) in [6.07, 6.45) is 0.640. The van der Waals surface area contributed by atoms with Gasteiger partial charge in [0.15, 0.2) is 11.5 Å². The van der Waals surface area contributed by atoms with Crippen molar-refractivity contribution in [3.8, 4) is 17.2 Å². The quantitative estimate of drug-likeness (QED) is 0.467. The highest BCUT2D eigenvalue weighted by molar-refractivity contribution is 6.07. The minimum absolute atomic E-state index is 0.0424. The van der Waals surface area contributed by atoms with E-state index in [1.165, 1.54) is 0 Å². The molecule has 0 aliphatic carbocycles. The second-order valence-corrected chi connectivity index (χ2v) is 9.05. The van der Waals surface area contributed by atoms with Crippen molar-refractivity contribution in [2.45, 2.75) is 39.7 Å². The number of fused-ring (bicyclic) bond motifs is 2. The Hall–Kier alpha value is -4.01. The van der Waals surface area contributed by atoms with Gasteiger partial charge in [-0.2, -0.15) is 0 Å². The highest BCUT2D eigenvalue weighted by Crippen LogP contribution is 2.37. The van der Waals surface area contributed by atoms with Crippen LogP contribution in [-0.4, -0.2) is 47.3 Å². The second-order valence-electron chi connectivity index (χ2n) is 9.05. The number of amides is 1. The van der Waals surface area contributed by atoms with Crippen LogP contribution in [0.3, 0.4) is 0 Å². The van der Waals surface area contributed by atoms with Crippen LogP contribution in [0.25, 0.3) is 10.9 Å². The first kappa shape index (κ1) is 24.1. The number of nitrogens with one attached hydrogen (secondary N) is 1. The predicted molar refractivity (Wildman–Crippen MR) is 132 cm³/mol. The molecule has 184 valence electrons. The fourth-order valence-electron chi connectivity index (χ4n) is 4.15. The molecular weight excluding hydrogens is 450 g/mol. The Labute approximate surface area is 203 Å². The number of hydrogen-bond acceptors (Lipinski definition) is 7. The van der Waals surface area contributed by atoms with Crippen LogP contribution in [0.4, 0.5) is 5.69 Å². The van der Waals surface area contributed by atoms with Gasteiger partial charge in [-0.15, -0.1) is 0 Å². The molecule has 3 aromatic rings. The van der Waals surface area contributed by atoms with Crippen molar-refractivity contribution in [1.82, 2.24) is 10.3 Å². The van der Waals surface area contributed by atoms with Crippen LogP contribution >= 0.6 is 0 Å². The van der Waals surface area contributed by atoms with Crippen LogP contribution in [-0.2, 0) is 6.42 Å². The average molecular weight is 480 g/mol. The maximum Gasteiger partial charge on any atom is 0.339 e. The van der Waals surface area contributed by atoms with E-state index in [9.17, 15) is 14.7 Å². The summed E-state index contributed by atoms with van der Waals surface area (Å²) in [5.74, 6) is -0.0417. The van der Waals surface area contributed by atoms with Gasteiger partial charge >= 0.3 is 5.97 Å². The molecule has 0 atom stereocenters. The van der Waals surface area contributed by atoms with Gasteiger partial charge in [-0.3, -0.25) is 9.78 Å². The van der Waals surface area contributed by atoms with Crippen LogP contribution < -0.4 is 25.3 Å². The number of aryl methyl sites for hydroxylation is 2. The summed E-state index contributed by atoms with van der Waals surface area (Å²) in [6.45, 7) is 8.17. The zero-order valence-corrected chi connectivity index (χ0v) is 20.2. The summed E-state index contributed by atoms with van der Waals surface area (Å²) in [4.78, 5) is 29.3. The molecule has 1 aliphatic heterocycles.